The Morgan fingerprint density at radius 2 is 2.00 bits per heavy atom. The number of hydrogen-bond donors (Lipinski definition) is 0. The van der Waals surface area contributed by atoms with Gasteiger partial charge in [0.05, 0.1) is 7.11 Å². The van der Waals surface area contributed by atoms with Gasteiger partial charge in [-0.15, -0.1) is 11.8 Å². The zero-order valence-corrected chi connectivity index (χ0v) is 18.5. The summed E-state index contributed by atoms with van der Waals surface area (Å²) in [7, 11) is 1.69. The van der Waals surface area contributed by atoms with Crippen LogP contribution in [0.5, 0.6) is 5.75 Å². The number of nitrogens with zero attached hydrogens (tertiary/aromatic N) is 2. The number of methoxy groups -OCH3 is 1. The van der Waals surface area contributed by atoms with Crippen LogP contribution in [0.4, 0.5) is 0 Å². The molecule has 0 aliphatic carbocycles. The molecule has 2 aliphatic heterocycles. The molecule has 0 N–H and O–H groups in total. The van der Waals surface area contributed by atoms with Crippen molar-refractivity contribution < 1.29 is 9.53 Å². The molecule has 0 bridgehead atoms. The van der Waals surface area contributed by atoms with Gasteiger partial charge in [0.1, 0.15) is 5.75 Å². The van der Waals surface area contributed by atoms with Gasteiger partial charge in [0.25, 0.3) is 0 Å². The number of carbonyl (C=O) groups is 1. The van der Waals surface area contributed by atoms with E-state index in [0.29, 0.717) is 13.0 Å². The van der Waals surface area contributed by atoms with Crippen LogP contribution in [0.1, 0.15) is 24.0 Å². The van der Waals surface area contributed by atoms with Gasteiger partial charge >= 0.3 is 0 Å². The van der Waals surface area contributed by atoms with Gasteiger partial charge in [-0.25, -0.2) is 0 Å². The van der Waals surface area contributed by atoms with Crippen LogP contribution in [0.15, 0.2) is 65.1 Å². The third-order valence-electron chi connectivity index (χ3n) is 5.90. The van der Waals surface area contributed by atoms with E-state index in [-0.39, 0.29) is 5.91 Å². The highest BCUT2D eigenvalue weighted by atomic mass is 32.2. The highest BCUT2D eigenvalue weighted by Gasteiger charge is 2.21. The standard InChI is InChI=1S/C25H30N2O2S/c1-29-23-7-8-24-22(18-23)19-27(15-16-30-24)25(28)11-14-26-12-9-21(10-13-26)17-20-5-3-2-4-6-20/h2-9,18H,10-17,19H2,1H3. The van der Waals surface area contributed by atoms with Gasteiger partial charge in [-0.05, 0) is 42.2 Å². The van der Waals surface area contributed by atoms with E-state index < -0.39 is 0 Å². The second-order valence-corrected chi connectivity index (χ2v) is 9.10. The second kappa shape index (κ2) is 10.2. The van der Waals surface area contributed by atoms with Gasteiger partial charge < -0.3 is 9.64 Å². The molecule has 4 rings (SSSR count). The Balaban J connectivity index is 1.27. The summed E-state index contributed by atoms with van der Waals surface area (Å²) < 4.78 is 5.36. The van der Waals surface area contributed by atoms with Gasteiger partial charge in [-0.3, -0.25) is 9.69 Å². The van der Waals surface area contributed by atoms with Crippen LogP contribution in [0, 0.1) is 0 Å². The van der Waals surface area contributed by atoms with Crippen LogP contribution in [-0.4, -0.2) is 54.7 Å². The molecule has 30 heavy (non-hydrogen) atoms. The molecule has 2 aliphatic rings. The number of rotatable bonds is 6. The van der Waals surface area contributed by atoms with Crippen LogP contribution in [0.25, 0.3) is 0 Å². The molecule has 2 aromatic rings. The van der Waals surface area contributed by atoms with Crippen LogP contribution in [-0.2, 0) is 17.8 Å². The van der Waals surface area contributed by atoms with Crippen molar-refractivity contribution >= 4 is 17.7 Å². The minimum atomic E-state index is 0.255. The molecule has 2 aromatic carbocycles. The van der Waals surface area contributed by atoms with Crippen LogP contribution in [0.2, 0.25) is 0 Å². The van der Waals surface area contributed by atoms with Crippen molar-refractivity contribution in [1.82, 2.24) is 9.80 Å². The summed E-state index contributed by atoms with van der Waals surface area (Å²) in [5.74, 6) is 2.06. The number of fused-ring (bicyclic) bond motifs is 1. The molecule has 0 aromatic heterocycles. The van der Waals surface area contributed by atoms with Gasteiger partial charge in [-0.1, -0.05) is 42.0 Å². The summed E-state index contributed by atoms with van der Waals surface area (Å²) in [6, 6.07) is 16.8. The fourth-order valence-corrected chi connectivity index (χ4v) is 5.10. The zero-order chi connectivity index (χ0) is 20.8. The average Bonchev–Trinajstić information content (AvgIpc) is 3.01. The van der Waals surface area contributed by atoms with Gasteiger partial charge in [0.15, 0.2) is 0 Å². The molecule has 0 saturated heterocycles. The summed E-state index contributed by atoms with van der Waals surface area (Å²) in [6.07, 6.45) is 5.08. The van der Waals surface area contributed by atoms with Crippen molar-refractivity contribution in [2.75, 3.05) is 39.0 Å². The second-order valence-electron chi connectivity index (χ2n) is 7.96. The lowest BCUT2D eigenvalue weighted by Gasteiger charge is -2.27. The van der Waals surface area contributed by atoms with Crippen molar-refractivity contribution in [3.05, 3.63) is 71.3 Å². The molecular formula is C25H30N2O2S. The monoisotopic (exact) mass is 422 g/mol. The predicted octanol–water partition coefficient (Wildman–Crippen LogP) is 4.39. The summed E-state index contributed by atoms with van der Waals surface area (Å²) in [5, 5.41) is 0. The van der Waals surface area contributed by atoms with Crippen molar-refractivity contribution in [2.24, 2.45) is 0 Å². The van der Waals surface area contributed by atoms with Crippen molar-refractivity contribution in [3.63, 3.8) is 0 Å². The Kier molecular flexibility index (Phi) is 7.13. The molecule has 0 atom stereocenters. The first kappa shape index (κ1) is 21.0. The first-order chi connectivity index (χ1) is 14.7. The van der Waals surface area contributed by atoms with E-state index in [4.69, 9.17) is 4.74 Å². The summed E-state index contributed by atoms with van der Waals surface area (Å²) in [5.41, 5.74) is 4.08. The van der Waals surface area contributed by atoms with Crippen molar-refractivity contribution in [3.8, 4) is 5.75 Å². The quantitative estimate of drug-likeness (QED) is 0.646. The first-order valence-electron chi connectivity index (χ1n) is 10.7. The van der Waals surface area contributed by atoms with Crippen LogP contribution < -0.4 is 4.74 Å². The maximum Gasteiger partial charge on any atom is 0.224 e. The molecule has 5 heteroatoms. The lowest BCUT2D eigenvalue weighted by Crippen LogP contribution is -2.36. The minimum Gasteiger partial charge on any atom is -0.497 e. The topological polar surface area (TPSA) is 32.8 Å². The maximum atomic E-state index is 12.9. The Hall–Kier alpha value is -2.24. The minimum absolute atomic E-state index is 0.255. The highest BCUT2D eigenvalue weighted by molar-refractivity contribution is 7.99. The fourth-order valence-electron chi connectivity index (χ4n) is 4.10. The molecule has 0 radical (unpaired) electrons. The molecule has 0 fully saturated rings. The molecule has 1 amide bonds. The number of amides is 1. The Labute approximate surface area is 183 Å². The maximum absolute atomic E-state index is 12.9. The summed E-state index contributed by atoms with van der Waals surface area (Å²) >= 11 is 1.83. The first-order valence-corrected chi connectivity index (χ1v) is 11.7. The van der Waals surface area contributed by atoms with E-state index in [1.807, 2.05) is 22.7 Å². The zero-order valence-electron chi connectivity index (χ0n) is 17.7. The fraction of sp³-hybridized carbons (Fsp3) is 0.400. The highest BCUT2D eigenvalue weighted by Crippen LogP contribution is 2.30. The average molecular weight is 423 g/mol. The summed E-state index contributed by atoms with van der Waals surface area (Å²) in [4.78, 5) is 18.6. The number of carbonyl (C=O) groups excluding carboxylic acids is 1. The lowest BCUT2D eigenvalue weighted by atomic mass is 9.99. The molecule has 4 nitrogen and oxygen atoms in total. The Morgan fingerprint density at radius 1 is 1.13 bits per heavy atom. The number of benzene rings is 2. The number of hydrogen-bond acceptors (Lipinski definition) is 4. The SMILES string of the molecule is COc1ccc2c(c1)CN(C(=O)CCN1CC=C(Cc3ccccc3)CC1)CCS2. The van der Waals surface area contributed by atoms with Crippen molar-refractivity contribution in [2.45, 2.75) is 30.7 Å². The van der Waals surface area contributed by atoms with Crippen LogP contribution in [0.3, 0.4) is 0 Å². The smallest absolute Gasteiger partial charge is 0.224 e. The van der Waals surface area contributed by atoms with Crippen molar-refractivity contribution in [1.29, 1.82) is 0 Å². The Morgan fingerprint density at radius 3 is 2.77 bits per heavy atom. The Bertz CT molecular complexity index is 897. The molecule has 0 saturated carbocycles. The van der Waals surface area contributed by atoms with E-state index in [1.54, 1.807) is 7.11 Å². The molecule has 158 valence electrons. The number of thioether (sulfide) groups is 1. The largest absolute Gasteiger partial charge is 0.497 e. The van der Waals surface area contributed by atoms with E-state index in [2.05, 4.69) is 53.4 Å². The lowest BCUT2D eigenvalue weighted by molar-refractivity contribution is -0.131. The van der Waals surface area contributed by atoms with E-state index in [0.717, 1.165) is 50.5 Å². The third-order valence-corrected chi connectivity index (χ3v) is 7.00. The van der Waals surface area contributed by atoms with Gasteiger partial charge in [0, 0.05) is 49.8 Å². The third kappa shape index (κ3) is 5.46. The molecule has 0 spiro atoms. The molecular weight excluding hydrogens is 392 g/mol. The number of ether oxygens (including phenoxy) is 1. The van der Waals surface area contributed by atoms with Gasteiger partial charge in [0.2, 0.25) is 5.91 Å². The van der Waals surface area contributed by atoms with E-state index >= 15 is 0 Å². The normalized spacial score (nSPS) is 17.1. The molecule has 0 unspecified atom stereocenters. The molecule has 2 heterocycles. The summed E-state index contributed by atoms with van der Waals surface area (Å²) in [6.45, 7) is 4.32. The predicted molar refractivity (Wildman–Crippen MR) is 123 cm³/mol. The van der Waals surface area contributed by atoms with Gasteiger partial charge in [-0.2, -0.15) is 0 Å². The van der Waals surface area contributed by atoms with E-state index in [9.17, 15) is 4.79 Å². The van der Waals surface area contributed by atoms with E-state index in [1.165, 1.54) is 21.6 Å². The van der Waals surface area contributed by atoms with Crippen LogP contribution >= 0.6 is 11.8 Å².